The minimum absolute atomic E-state index is 0.0358. The third-order valence-corrected chi connectivity index (χ3v) is 6.80. The molecule has 0 spiro atoms. The zero-order chi connectivity index (χ0) is 29.2. The number of alkyl halides is 3. The van der Waals surface area contributed by atoms with Crippen LogP contribution in [0.3, 0.4) is 0 Å². The number of aromatic hydroxyl groups is 2. The Bertz CT molecular complexity index is 1380. The minimum atomic E-state index is -4.64. The lowest BCUT2D eigenvalue weighted by Gasteiger charge is -2.34. The molecule has 1 aliphatic heterocycles. The second-order valence-corrected chi connectivity index (χ2v) is 9.84. The highest BCUT2D eigenvalue weighted by Gasteiger charge is 2.31. The Morgan fingerprint density at radius 3 is 2.23 bits per heavy atom. The van der Waals surface area contributed by atoms with Crippen molar-refractivity contribution in [3.05, 3.63) is 53.3 Å². The van der Waals surface area contributed by atoms with Crippen LogP contribution in [-0.2, 0) is 0 Å². The van der Waals surface area contributed by atoms with E-state index in [2.05, 4.69) is 22.0 Å². The van der Waals surface area contributed by atoms with Crippen molar-refractivity contribution in [2.24, 2.45) is 0 Å². The van der Waals surface area contributed by atoms with Crippen molar-refractivity contribution in [2.45, 2.75) is 32.9 Å². The van der Waals surface area contributed by atoms with Crippen LogP contribution in [0.2, 0.25) is 0 Å². The predicted molar refractivity (Wildman–Crippen MR) is 141 cm³/mol. The lowest BCUT2D eigenvalue weighted by Crippen LogP contribution is -2.48. The molecular weight excluding hydrogens is 529 g/mol. The molecule has 0 radical (unpaired) electrons. The van der Waals surface area contributed by atoms with E-state index in [4.69, 9.17) is 0 Å². The van der Waals surface area contributed by atoms with Gasteiger partial charge in [0.2, 0.25) is 5.82 Å². The number of piperazine rings is 1. The highest BCUT2D eigenvalue weighted by molar-refractivity contribution is 5.95. The fourth-order valence-electron chi connectivity index (χ4n) is 4.55. The number of carbonyl (C=O) groups excluding carboxylic acids is 2. The molecule has 2 amide bonds. The van der Waals surface area contributed by atoms with Gasteiger partial charge in [-0.25, -0.2) is 0 Å². The summed E-state index contributed by atoms with van der Waals surface area (Å²) in [6.07, 6.45) is -4.64. The molecule has 0 unspecified atom stereocenters. The van der Waals surface area contributed by atoms with Gasteiger partial charge in [-0.2, -0.15) is 13.2 Å². The van der Waals surface area contributed by atoms with E-state index in [1.807, 2.05) is 13.8 Å². The van der Waals surface area contributed by atoms with Crippen LogP contribution in [0.5, 0.6) is 11.5 Å². The number of amides is 2. The number of phenolic OH excluding ortho intramolecular Hbond substituents is 2. The topological polar surface area (TPSA) is 124 Å². The second kappa shape index (κ2) is 11.5. The fourth-order valence-corrected chi connectivity index (χ4v) is 4.55. The molecule has 214 valence electrons. The van der Waals surface area contributed by atoms with Gasteiger partial charge in [0.15, 0.2) is 5.82 Å². The van der Waals surface area contributed by atoms with Crippen molar-refractivity contribution in [3.63, 3.8) is 0 Å². The molecule has 10 nitrogen and oxygen atoms in total. The maximum Gasteiger partial charge on any atom is 0.405 e. The largest absolute Gasteiger partial charge is 0.508 e. The van der Waals surface area contributed by atoms with Crippen molar-refractivity contribution < 1.29 is 33.0 Å². The molecule has 0 aliphatic carbocycles. The number of hydrogen-bond donors (Lipinski definition) is 3. The predicted octanol–water partition coefficient (Wildman–Crippen LogP) is 3.54. The molecular formula is C27H31F3N6O4. The molecule has 1 aliphatic rings. The highest BCUT2D eigenvalue weighted by Crippen LogP contribution is 2.38. The summed E-state index contributed by atoms with van der Waals surface area (Å²) in [5, 5.41) is 30.5. The lowest BCUT2D eigenvalue weighted by atomic mass is 9.98. The summed E-state index contributed by atoms with van der Waals surface area (Å²) < 4.78 is 39.6. The van der Waals surface area contributed by atoms with Crippen molar-refractivity contribution >= 4 is 11.8 Å². The Kier molecular flexibility index (Phi) is 8.33. The summed E-state index contributed by atoms with van der Waals surface area (Å²) in [7, 11) is 0. The number of aromatic nitrogens is 3. The number of hydrogen-bond acceptors (Lipinski definition) is 7. The number of likely N-dealkylation sites (N-methyl/N-ethyl adjacent to an activating group) is 1. The maximum atomic E-state index is 13.1. The molecule has 3 aromatic rings. The van der Waals surface area contributed by atoms with E-state index in [1.165, 1.54) is 22.8 Å². The van der Waals surface area contributed by atoms with E-state index in [9.17, 15) is 33.0 Å². The second-order valence-electron chi connectivity index (χ2n) is 9.84. The number of nitrogens with zero attached hydrogens (tertiary/aromatic N) is 5. The average Bonchev–Trinajstić information content (AvgIpc) is 3.36. The minimum Gasteiger partial charge on any atom is -0.508 e. The molecule has 1 saturated heterocycles. The van der Waals surface area contributed by atoms with Crippen molar-refractivity contribution in [1.82, 2.24) is 29.9 Å². The number of rotatable bonds is 7. The van der Waals surface area contributed by atoms with Gasteiger partial charge in [-0.3, -0.25) is 14.2 Å². The Balaban J connectivity index is 1.74. The number of halogens is 3. The van der Waals surface area contributed by atoms with Gasteiger partial charge in [-0.05, 0) is 48.4 Å². The van der Waals surface area contributed by atoms with Gasteiger partial charge in [0.1, 0.15) is 18.0 Å². The molecule has 1 fully saturated rings. The number of nitrogens with one attached hydrogen (secondary N) is 1. The fraction of sp³-hybridized carbons (Fsp3) is 0.407. The van der Waals surface area contributed by atoms with Crippen LogP contribution in [0.4, 0.5) is 13.2 Å². The summed E-state index contributed by atoms with van der Waals surface area (Å²) >= 11 is 0. The van der Waals surface area contributed by atoms with Crippen LogP contribution in [0.15, 0.2) is 36.4 Å². The van der Waals surface area contributed by atoms with Gasteiger partial charge >= 0.3 is 6.18 Å². The van der Waals surface area contributed by atoms with Crippen molar-refractivity contribution in [1.29, 1.82) is 0 Å². The van der Waals surface area contributed by atoms with Crippen molar-refractivity contribution in [2.75, 3.05) is 39.3 Å². The molecule has 13 heteroatoms. The van der Waals surface area contributed by atoms with Gasteiger partial charge in [-0.15, -0.1) is 10.2 Å². The van der Waals surface area contributed by atoms with Crippen LogP contribution in [-0.4, -0.2) is 92.0 Å². The van der Waals surface area contributed by atoms with Gasteiger partial charge in [0, 0.05) is 43.5 Å². The Morgan fingerprint density at radius 2 is 1.65 bits per heavy atom. The Hall–Kier alpha value is -4.13. The van der Waals surface area contributed by atoms with E-state index in [0.29, 0.717) is 24.2 Å². The van der Waals surface area contributed by atoms with Gasteiger partial charge in [0.25, 0.3) is 11.8 Å². The van der Waals surface area contributed by atoms with Gasteiger partial charge in [-0.1, -0.05) is 20.8 Å². The molecule has 0 saturated carbocycles. The first-order valence-corrected chi connectivity index (χ1v) is 12.9. The number of benzene rings is 2. The highest BCUT2D eigenvalue weighted by atomic mass is 19.4. The summed E-state index contributed by atoms with van der Waals surface area (Å²) in [5.74, 6) is -2.43. The SMILES string of the molecule is CCN1CCN(C(=O)c2ccc(-n3c(C(=O)NCC(F)(F)F)nnc3-c3cc(C(C)C)c(O)cc3O)cc2)CC1. The molecule has 1 aromatic heterocycles. The third-order valence-electron chi connectivity index (χ3n) is 6.80. The van der Waals surface area contributed by atoms with Crippen LogP contribution in [0.1, 0.15) is 53.2 Å². The van der Waals surface area contributed by atoms with E-state index < -0.39 is 24.5 Å². The Labute approximate surface area is 229 Å². The van der Waals surface area contributed by atoms with Crippen LogP contribution in [0, 0.1) is 0 Å². The average molecular weight is 561 g/mol. The first-order valence-electron chi connectivity index (χ1n) is 12.9. The molecule has 0 atom stereocenters. The number of phenols is 2. The molecule has 2 heterocycles. The van der Waals surface area contributed by atoms with Crippen LogP contribution >= 0.6 is 0 Å². The van der Waals surface area contributed by atoms with Crippen LogP contribution in [0.25, 0.3) is 17.1 Å². The summed E-state index contributed by atoms with van der Waals surface area (Å²) in [6.45, 7) is 7.78. The zero-order valence-electron chi connectivity index (χ0n) is 22.4. The van der Waals surface area contributed by atoms with E-state index in [-0.39, 0.29) is 40.4 Å². The number of carbonyl (C=O) groups is 2. The monoisotopic (exact) mass is 560 g/mol. The molecule has 2 aromatic carbocycles. The normalized spacial score (nSPS) is 14.5. The summed E-state index contributed by atoms with van der Waals surface area (Å²) in [6, 6.07) is 8.80. The molecule has 0 bridgehead atoms. The molecule has 40 heavy (non-hydrogen) atoms. The standard InChI is InChI=1S/C27H31F3N6O4/c1-4-34-9-11-35(12-10-34)26(40)17-5-7-18(8-6-17)36-23(20-13-19(16(2)3)21(37)14-22(20)38)32-33-24(36)25(39)31-15-27(28,29)30/h5-8,13-14,16,37-38H,4,9-12,15H2,1-3H3,(H,31,39). The lowest BCUT2D eigenvalue weighted by molar-refractivity contribution is -0.123. The first-order chi connectivity index (χ1) is 18.9. The van der Waals surface area contributed by atoms with Crippen molar-refractivity contribution in [3.8, 4) is 28.6 Å². The molecule has 3 N–H and O–H groups in total. The smallest absolute Gasteiger partial charge is 0.405 e. The van der Waals surface area contributed by atoms with E-state index in [1.54, 1.807) is 22.3 Å². The van der Waals surface area contributed by atoms with Gasteiger partial charge in [0.05, 0.1) is 5.56 Å². The maximum absolute atomic E-state index is 13.1. The molecule has 4 rings (SSSR count). The van der Waals surface area contributed by atoms with E-state index >= 15 is 0 Å². The Morgan fingerprint density at radius 1 is 1.00 bits per heavy atom. The first kappa shape index (κ1) is 28.9. The summed E-state index contributed by atoms with van der Waals surface area (Å²) in [4.78, 5) is 29.8. The quantitative estimate of drug-likeness (QED) is 0.404. The van der Waals surface area contributed by atoms with Crippen LogP contribution < -0.4 is 5.32 Å². The third kappa shape index (κ3) is 6.19. The zero-order valence-corrected chi connectivity index (χ0v) is 22.4. The van der Waals surface area contributed by atoms with E-state index in [0.717, 1.165) is 25.7 Å². The summed E-state index contributed by atoms with van der Waals surface area (Å²) in [5.41, 5.74) is 1.27. The van der Waals surface area contributed by atoms with Gasteiger partial charge < -0.3 is 25.3 Å².